The van der Waals surface area contributed by atoms with Crippen LogP contribution in [0.2, 0.25) is 0 Å². The monoisotopic (exact) mass is 423 g/mol. The Labute approximate surface area is 170 Å². The van der Waals surface area contributed by atoms with Crippen molar-refractivity contribution in [1.29, 1.82) is 0 Å². The van der Waals surface area contributed by atoms with E-state index in [0.717, 1.165) is 24.4 Å². The molecule has 154 valence electrons. The maximum Gasteiger partial charge on any atom is 0.427 e. The molecule has 0 bridgehead atoms. The van der Waals surface area contributed by atoms with E-state index in [0.29, 0.717) is 11.2 Å². The highest BCUT2D eigenvalue weighted by atomic mass is 16.6. The number of nitrogens with zero attached hydrogens (tertiary/aromatic N) is 4. The normalized spacial score (nSPS) is 11.2. The summed E-state index contributed by atoms with van der Waals surface area (Å²) < 4.78 is 5.88. The first kappa shape index (κ1) is 19.4. The van der Waals surface area contributed by atoms with Crippen LogP contribution >= 0.6 is 0 Å². The summed E-state index contributed by atoms with van der Waals surface area (Å²) in [4.78, 5) is 51.0. The smallest absolute Gasteiger partial charge is 0.306 e. The van der Waals surface area contributed by atoms with Gasteiger partial charge in [-0.1, -0.05) is 6.08 Å². The molecule has 13 nitrogen and oxygen atoms in total. The van der Waals surface area contributed by atoms with E-state index in [2.05, 4.69) is 19.8 Å². The topological polar surface area (TPSA) is 182 Å². The highest BCUT2D eigenvalue weighted by Gasteiger charge is 2.16. The zero-order chi connectivity index (χ0) is 22.1. The van der Waals surface area contributed by atoms with E-state index in [1.54, 1.807) is 12.1 Å². The van der Waals surface area contributed by atoms with Crippen molar-refractivity contribution in [2.45, 2.75) is 0 Å². The maximum absolute atomic E-state index is 12.5. The SMILES string of the molecule is O=c1c[n+](-c2ccc3nc(/C=C\c4cc([N+](=O)[O-])cc([N+](=O)[O-])c4)[nH]c(=O)c3c2)[nH]o1. The van der Waals surface area contributed by atoms with E-state index < -0.39 is 32.4 Å². The van der Waals surface area contributed by atoms with Gasteiger partial charge in [0, 0.05) is 24.3 Å². The van der Waals surface area contributed by atoms with E-state index >= 15 is 0 Å². The summed E-state index contributed by atoms with van der Waals surface area (Å²) in [6.45, 7) is 0. The number of nitro groups is 2. The second-order valence-corrected chi connectivity index (χ2v) is 6.29. The second-order valence-electron chi connectivity index (χ2n) is 6.29. The fourth-order valence-corrected chi connectivity index (χ4v) is 2.85. The molecule has 13 heteroatoms. The van der Waals surface area contributed by atoms with Crippen LogP contribution in [-0.4, -0.2) is 25.1 Å². The Hall–Kier alpha value is -4.94. The Morgan fingerprint density at radius 2 is 1.71 bits per heavy atom. The number of hydrogen-bond donors (Lipinski definition) is 2. The lowest BCUT2D eigenvalue weighted by Crippen LogP contribution is -2.32. The molecule has 2 heterocycles. The van der Waals surface area contributed by atoms with Crippen LogP contribution in [0, 0.1) is 20.2 Å². The van der Waals surface area contributed by atoms with Gasteiger partial charge in [-0.25, -0.2) is 9.78 Å². The molecule has 0 radical (unpaired) electrons. The summed E-state index contributed by atoms with van der Waals surface area (Å²) in [7, 11) is 0. The van der Waals surface area contributed by atoms with Crippen molar-refractivity contribution in [1.82, 2.24) is 15.2 Å². The van der Waals surface area contributed by atoms with Crippen molar-refractivity contribution < 1.29 is 19.1 Å². The van der Waals surface area contributed by atoms with Crippen LogP contribution < -0.4 is 15.9 Å². The zero-order valence-electron chi connectivity index (χ0n) is 15.3. The third-order valence-corrected chi connectivity index (χ3v) is 4.24. The first-order valence-corrected chi connectivity index (χ1v) is 8.57. The molecule has 4 rings (SSSR count). The van der Waals surface area contributed by atoms with Gasteiger partial charge in [0.1, 0.15) is 5.82 Å². The van der Waals surface area contributed by atoms with Crippen LogP contribution in [0.5, 0.6) is 0 Å². The van der Waals surface area contributed by atoms with Crippen LogP contribution in [0.3, 0.4) is 0 Å². The average Bonchev–Trinajstić information content (AvgIpc) is 3.18. The first-order chi connectivity index (χ1) is 14.8. The standard InChI is InChI=1S/C18H10N6O7/c25-17-9-22(21-31-17)11-2-3-15-14(8-11)18(26)20-16(19-15)4-1-10-5-12(23(27)28)7-13(6-10)24(29)30/h1-9H,(H-,19,20,21,25,26)/p+1/b4-1-. The molecule has 4 aromatic rings. The number of aromatic amines is 2. The number of non-ortho nitro benzene ring substituents is 2. The van der Waals surface area contributed by atoms with Gasteiger partial charge in [0.05, 0.1) is 26.8 Å². The van der Waals surface area contributed by atoms with Gasteiger partial charge in [-0.15, -0.1) is 0 Å². The Morgan fingerprint density at radius 1 is 1.00 bits per heavy atom. The number of nitrogens with one attached hydrogen (secondary N) is 2. The van der Waals surface area contributed by atoms with E-state index in [4.69, 9.17) is 0 Å². The van der Waals surface area contributed by atoms with Gasteiger partial charge in [0.2, 0.25) is 5.69 Å². The predicted molar refractivity (Wildman–Crippen MR) is 105 cm³/mol. The van der Waals surface area contributed by atoms with Gasteiger partial charge in [-0.05, 0) is 27.7 Å². The summed E-state index contributed by atoms with van der Waals surface area (Å²) in [6, 6.07) is 7.86. The number of nitro benzene ring substituents is 2. The highest BCUT2D eigenvalue weighted by molar-refractivity contribution is 5.80. The molecule has 0 aliphatic carbocycles. The summed E-state index contributed by atoms with van der Waals surface area (Å²) in [5, 5.41) is 24.6. The van der Waals surface area contributed by atoms with Crippen molar-refractivity contribution in [3.8, 4) is 5.69 Å². The van der Waals surface area contributed by atoms with Crippen LogP contribution in [-0.2, 0) is 0 Å². The van der Waals surface area contributed by atoms with Crippen LogP contribution in [0.25, 0.3) is 28.7 Å². The summed E-state index contributed by atoms with van der Waals surface area (Å²) >= 11 is 0. The van der Waals surface area contributed by atoms with Gasteiger partial charge in [-0.2, -0.15) is 0 Å². The van der Waals surface area contributed by atoms with Gasteiger partial charge in [-0.3, -0.25) is 29.5 Å². The molecule has 0 atom stereocenters. The van der Waals surface area contributed by atoms with Crippen molar-refractivity contribution in [2.75, 3.05) is 0 Å². The number of benzene rings is 2. The van der Waals surface area contributed by atoms with E-state index in [9.17, 15) is 29.8 Å². The molecule has 0 saturated carbocycles. The molecule has 0 aliphatic heterocycles. The van der Waals surface area contributed by atoms with Crippen LogP contribution in [0.15, 0.2) is 56.7 Å². The first-order valence-electron chi connectivity index (χ1n) is 8.57. The number of aromatic nitrogens is 4. The molecule has 0 fully saturated rings. The molecule has 2 aromatic carbocycles. The third-order valence-electron chi connectivity index (χ3n) is 4.24. The number of rotatable bonds is 5. The van der Waals surface area contributed by atoms with Gasteiger partial charge in [0.25, 0.3) is 23.1 Å². The lowest BCUT2D eigenvalue weighted by Gasteiger charge is -2.00. The lowest BCUT2D eigenvalue weighted by atomic mass is 10.1. The van der Waals surface area contributed by atoms with Gasteiger partial charge in [0.15, 0.2) is 0 Å². The molecule has 2 N–H and O–H groups in total. The number of hydrogen-bond acceptors (Lipinski definition) is 8. The minimum absolute atomic E-state index is 0.142. The van der Waals surface area contributed by atoms with E-state index in [-0.39, 0.29) is 16.8 Å². The molecule has 0 saturated heterocycles. The minimum atomic E-state index is -0.733. The minimum Gasteiger partial charge on any atom is -0.306 e. The Morgan fingerprint density at radius 3 is 2.32 bits per heavy atom. The highest BCUT2D eigenvalue weighted by Crippen LogP contribution is 2.24. The second kappa shape index (κ2) is 7.47. The van der Waals surface area contributed by atoms with E-state index in [1.807, 2.05) is 0 Å². The molecule has 0 amide bonds. The molecule has 0 spiro atoms. The average molecular weight is 423 g/mol. The van der Waals surface area contributed by atoms with Crippen molar-refractivity contribution >= 4 is 34.4 Å². The summed E-state index contributed by atoms with van der Waals surface area (Å²) in [6.07, 6.45) is 3.91. The number of H-pyrrole nitrogens is 2. The largest absolute Gasteiger partial charge is 0.427 e. The Bertz CT molecular complexity index is 1470. The molecule has 2 aromatic heterocycles. The van der Waals surface area contributed by atoms with Gasteiger partial charge < -0.3 is 4.98 Å². The molecular formula is C18H11N6O7+. The van der Waals surface area contributed by atoms with Crippen molar-refractivity contribution in [2.24, 2.45) is 0 Å². The predicted octanol–water partition coefficient (Wildman–Crippen LogP) is 1.47. The summed E-state index contributed by atoms with van der Waals surface area (Å²) in [5.41, 5.74) is -0.912. The third kappa shape index (κ3) is 3.95. The maximum atomic E-state index is 12.5. The van der Waals surface area contributed by atoms with Crippen molar-refractivity contribution in [3.05, 3.63) is 95.0 Å². The molecular weight excluding hydrogens is 412 g/mol. The van der Waals surface area contributed by atoms with Crippen LogP contribution in [0.1, 0.15) is 11.4 Å². The molecule has 31 heavy (non-hydrogen) atoms. The summed E-state index contributed by atoms with van der Waals surface area (Å²) in [5.74, 6) is 0.142. The number of fused-ring (bicyclic) bond motifs is 1. The Balaban J connectivity index is 1.72. The quantitative estimate of drug-likeness (QED) is 0.275. The lowest BCUT2D eigenvalue weighted by molar-refractivity contribution is -0.670. The fraction of sp³-hybridized carbons (Fsp3) is 0. The fourth-order valence-electron chi connectivity index (χ4n) is 2.85. The van der Waals surface area contributed by atoms with Gasteiger partial charge >= 0.3 is 5.63 Å². The molecule has 0 aliphatic rings. The zero-order valence-corrected chi connectivity index (χ0v) is 15.3. The van der Waals surface area contributed by atoms with Crippen LogP contribution in [0.4, 0.5) is 11.4 Å². The van der Waals surface area contributed by atoms with Crippen molar-refractivity contribution in [3.63, 3.8) is 0 Å². The molecule has 0 unspecified atom stereocenters. The van der Waals surface area contributed by atoms with E-state index in [1.165, 1.54) is 22.9 Å². The Kier molecular flexibility index (Phi) is 4.67.